The zero-order valence-corrected chi connectivity index (χ0v) is 16.6. The molecule has 0 saturated heterocycles. The van der Waals surface area contributed by atoms with Crippen LogP contribution in [0.2, 0.25) is 0 Å². The number of hydrogen-bond donors (Lipinski definition) is 0. The van der Waals surface area contributed by atoms with Crippen LogP contribution in [0.25, 0.3) is 5.70 Å². The van der Waals surface area contributed by atoms with E-state index in [1.807, 2.05) is 30.0 Å². The van der Waals surface area contributed by atoms with Gasteiger partial charge in [0.2, 0.25) is 0 Å². The number of benzene rings is 1. The largest absolute Gasteiger partial charge is 0.488 e. The van der Waals surface area contributed by atoms with Crippen LogP contribution in [-0.4, -0.2) is 24.5 Å². The van der Waals surface area contributed by atoms with Crippen molar-refractivity contribution in [3.63, 3.8) is 0 Å². The van der Waals surface area contributed by atoms with Crippen molar-refractivity contribution in [3.05, 3.63) is 58.7 Å². The molecule has 0 aliphatic carbocycles. The molecule has 1 aliphatic rings. The van der Waals surface area contributed by atoms with E-state index >= 15 is 0 Å². The summed E-state index contributed by atoms with van der Waals surface area (Å²) in [5.74, 6) is 0.425. The fraction of sp³-hybridized carbons (Fsp3) is 0.250. The molecule has 0 N–H and O–H groups in total. The number of halogens is 3. The Morgan fingerprint density at radius 3 is 2.50 bits per heavy atom. The fourth-order valence-electron chi connectivity index (χ4n) is 2.01. The van der Waals surface area contributed by atoms with Crippen LogP contribution in [0.15, 0.2) is 47.1 Å². The molecule has 1 aromatic rings. The van der Waals surface area contributed by atoms with Crippen LogP contribution in [0.1, 0.15) is 12.5 Å². The molecular weight excluding hydrogens is 429 g/mol. The van der Waals surface area contributed by atoms with Crippen molar-refractivity contribution in [1.29, 1.82) is 0 Å². The van der Waals surface area contributed by atoms with E-state index in [9.17, 15) is 8.78 Å². The second-order valence-corrected chi connectivity index (χ2v) is 5.26. The molecule has 0 unspecified atom stereocenters. The SMILES string of the molecule is C=C1C(Br)=C[C-]=C(c2ccc(OCC(F)F)cc2)N1CC.[Y]. The summed E-state index contributed by atoms with van der Waals surface area (Å²) in [6.45, 7) is 6.22. The quantitative estimate of drug-likeness (QED) is 0.616. The molecule has 1 aromatic carbocycles. The Morgan fingerprint density at radius 1 is 1.32 bits per heavy atom. The number of nitrogens with zero attached hydrogens (tertiary/aromatic N) is 1. The molecule has 2 nitrogen and oxygen atoms in total. The third-order valence-electron chi connectivity index (χ3n) is 3.03. The van der Waals surface area contributed by atoms with Crippen LogP contribution < -0.4 is 4.74 Å². The normalized spacial score (nSPS) is 14.4. The number of hydrogen-bond acceptors (Lipinski definition) is 2. The number of rotatable bonds is 5. The molecular formula is C16H15BrF2NOY-. The van der Waals surface area contributed by atoms with E-state index in [0.717, 1.165) is 28.0 Å². The molecule has 0 saturated carbocycles. The number of alkyl halides is 2. The third-order valence-corrected chi connectivity index (χ3v) is 3.71. The van der Waals surface area contributed by atoms with Gasteiger partial charge in [0, 0.05) is 39.3 Å². The maximum atomic E-state index is 12.1. The van der Waals surface area contributed by atoms with Gasteiger partial charge in [-0.25, -0.2) is 8.78 Å². The van der Waals surface area contributed by atoms with Crippen molar-refractivity contribution in [2.75, 3.05) is 13.2 Å². The summed E-state index contributed by atoms with van der Waals surface area (Å²) in [5, 5.41) is 0. The molecule has 0 amide bonds. The van der Waals surface area contributed by atoms with Gasteiger partial charge in [0.05, 0.1) is 0 Å². The van der Waals surface area contributed by atoms with Crippen molar-refractivity contribution in [2.45, 2.75) is 13.3 Å². The minimum absolute atomic E-state index is 0. The monoisotopic (exact) mass is 443 g/mol. The molecule has 0 aromatic heterocycles. The predicted octanol–water partition coefficient (Wildman–Crippen LogP) is 4.60. The summed E-state index contributed by atoms with van der Waals surface area (Å²) >= 11 is 3.43. The smallest absolute Gasteiger partial charge is 0.272 e. The fourth-order valence-corrected chi connectivity index (χ4v) is 2.34. The Bertz CT molecular complexity index is 584. The number of allylic oxidation sites excluding steroid dienone is 3. The first kappa shape index (κ1) is 19.5. The predicted molar refractivity (Wildman–Crippen MR) is 83.1 cm³/mol. The molecule has 0 spiro atoms. The van der Waals surface area contributed by atoms with Crippen LogP contribution >= 0.6 is 15.9 Å². The number of ether oxygens (including phenoxy) is 1. The van der Waals surface area contributed by atoms with E-state index in [-0.39, 0.29) is 32.7 Å². The molecule has 0 bridgehead atoms. The van der Waals surface area contributed by atoms with Crippen molar-refractivity contribution < 1.29 is 46.2 Å². The second kappa shape index (κ2) is 8.95. The first-order valence-corrected chi connectivity index (χ1v) is 7.29. The van der Waals surface area contributed by atoms with E-state index in [0.29, 0.717) is 5.75 Å². The Balaban J connectivity index is 0.00000242. The Kier molecular flexibility index (Phi) is 7.94. The average molecular weight is 444 g/mol. The maximum Gasteiger partial charge on any atom is 0.272 e. The Morgan fingerprint density at radius 2 is 1.95 bits per heavy atom. The summed E-state index contributed by atoms with van der Waals surface area (Å²) in [6, 6.07) is 7.00. The van der Waals surface area contributed by atoms with Gasteiger partial charge >= 0.3 is 0 Å². The molecule has 115 valence electrons. The second-order valence-electron chi connectivity index (χ2n) is 4.40. The minimum atomic E-state index is -2.47. The summed E-state index contributed by atoms with van der Waals surface area (Å²) in [5.41, 5.74) is 2.69. The molecule has 6 heteroatoms. The molecule has 22 heavy (non-hydrogen) atoms. The molecule has 2 rings (SSSR count). The molecule has 1 radical (unpaired) electrons. The summed E-state index contributed by atoms with van der Waals surface area (Å²) in [7, 11) is 0. The minimum Gasteiger partial charge on any atom is -0.488 e. The van der Waals surface area contributed by atoms with Gasteiger partial charge in [0.15, 0.2) is 0 Å². The molecule has 0 atom stereocenters. The maximum absolute atomic E-state index is 12.1. The van der Waals surface area contributed by atoms with Gasteiger partial charge in [0.1, 0.15) is 12.4 Å². The van der Waals surface area contributed by atoms with Crippen LogP contribution in [0.5, 0.6) is 5.75 Å². The zero-order chi connectivity index (χ0) is 15.4. The van der Waals surface area contributed by atoms with Crippen molar-refractivity contribution in [2.24, 2.45) is 0 Å². The molecule has 1 heterocycles. The van der Waals surface area contributed by atoms with E-state index in [4.69, 9.17) is 4.74 Å². The van der Waals surface area contributed by atoms with Crippen LogP contribution in [0.4, 0.5) is 8.78 Å². The third kappa shape index (κ3) is 4.74. The Labute approximate surface area is 162 Å². The van der Waals surface area contributed by atoms with Crippen LogP contribution in [-0.2, 0) is 32.7 Å². The van der Waals surface area contributed by atoms with E-state index < -0.39 is 13.0 Å². The van der Waals surface area contributed by atoms with Gasteiger partial charge in [-0.1, -0.05) is 22.3 Å². The topological polar surface area (TPSA) is 12.5 Å². The van der Waals surface area contributed by atoms with Gasteiger partial charge in [-0.05, 0) is 24.8 Å². The van der Waals surface area contributed by atoms with E-state index in [1.54, 1.807) is 12.1 Å². The molecule has 0 fully saturated rings. The zero-order valence-electron chi connectivity index (χ0n) is 12.2. The van der Waals surface area contributed by atoms with Gasteiger partial charge in [0.25, 0.3) is 6.43 Å². The van der Waals surface area contributed by atoms with Crippen LogP contribution in [0.3, 0.4) is 0 Å². The Hall–Kier alpha value is -0.516. The van der Waals surface area contributed by atoms with Gasteiger partial charge in [-0.15, -0.1) is 28.1 Å². The van der Waals surface area contributed by atoms with E-state index in [2.05, 4.69) is 28.6 Å². The molecule has 1 aliphatic heterocycles. The van der Waals surface area contributed by atoms with Gasteiger partial charge < -0.3 is 9.64 Å². The van der Waals surface area contributed by atoms with Crippen molar-refractivity contribution in [3.8, 4) is 5.75 Å². The van der Waals surface area contributed by atoms with Gasteiger partial charge in [-0.3, -0.25) is 0 Å². The van der Waals surface area contributed by atoms with Crippen molar-refractivity contribution >= 4 is 21.6 Å². The number of likely N-dealkylation sites (N-methyl/N-ethyl adjacent to an activating group) is 1. The van der Waals surface area contributed by atoms with Crippen molar-refractivity contribution in [1.82, 2.24) is 4.90 Å². The summed E-state index contributed by atoms with van der Waals surface area (Å²) in [4.78, 5) is 2.03. The van der Waals surface area contributed by atoms with Crippen LogP contribution in [0, 0.1) is 6.08 Å². The first-order chi connectivity index (χ1) is 10.0. The summed E-state index contributed by atoms with van der Waals surface area (Å²) < 4.78 is 30.1. The average Bonchev–Trinajstić information content (AvgIpc) is 2.48. The standard InChI is InChI=1S/C16H15BrF2NO.Y/c1-3-20-11(2)14(17)8-9-15(20)12-4-6-13(7-5-12)21-10-16(18)19;/h4-8,16H,2-3,10H2,1H3;/q-1;. The first-order valence-electron chi connectivity index (χ1n) is 6.50. The van der Waals surface area contributed by atoms with E-state index in [1.165, 1.54) is 0 Å². The summed E-state index contributed by atoms with van der Waals surface area (Å²) in [6.07, 6.45) is 2.55. The van der Waals surface area contributed by atoms with Gasteiger partial charge in [-0.2, -0.15) is 12.2 Å².